The molecule has 1 aliphatic carbocycles. The zero-order chi connectivity index (χ0) is 14.4. The summed E-state index contributed by atoms with van der Waals surface area (Å²) in [5.74, 6) is 0.253. The summed E-state index contributed by atoms with van der Waals surface area (Å²) in [4.78, 5) is 12.1. The molecule has 0 unspecified atom stereocenters. The number of nitrogens with two attached hydrogens (primary N) is 1. The van der Waals surface area contributed by atoms with Crippen LogP contribution in [0.15, 0.2) is 21.8 Å². The van der Waals surface area contributed by atoms with Crippen molar-refractivity contribution < 1.29 is 15.3 Å². The Labute approximate surface area is 127 Å². The molecular formula is C11H12IN5O3. The number of anilines is 1. The molecule has 0 amide bonds. The summed E-state index contributed by atoms with van der Waals surface area (Å²) in [7, 11) is 0. The highest BCUT2D eigenvalue weighted by molar-refractivity contribution is 14.1. The Bertz CT molecular complexity index is 700. The van der Waals surface area contributed by atoms with Crippen LogP contribution in [-0.4, -0.2) is 53.7 Å². The maximum absolute atomic E-state index is 10.2. The Balaban J connectivity index is 2.17. The van der Waals surface area contributed by atoms with Gasteiger partial charge >= 0.3 is 0 Å². The number of nitrogen functional groups attached to an aromatic ring is 1. The lowest BCUT2D eigenvalue weighted by Gasteiger charge is -2.19. The van der Waals surface area contributed by atoms with Crippen LogP contribution >= 0.6 is 22.6 Å². The van der Waals surface area contributed by atoms with Gasteiger partial charge in [0.25, 0.3) is 0 Å². The molecule has 2 aromatic heterocycles. The van der Waals surface area contributed by atoms with E-state index in [1.165, 1.54) is 12.7 Å². The minimum atomic E-state index is -1.10. The van der Waals surface area contributed by atoms with Gasteiger partial charge in [-0.15, -0.1) is 0 Å². The monoisotopic (exact) mass is 389 g/mol. The van der Waals surface area contributed by atoms with Gasteiger partial charge in [0.1, 0.15) is 24.1 Å². The van der Waals surface area contributed by atoms with Gasteiger partial charge in [0.15, 0.2) is 11.5 Å². The summed E-state index contributed by atoms with van der Waals surface area (Å²) in [6.07, 6.45) is 0.637. The summed E-state index contributed by atoms with van der Waals surface area (Å²) in [6, 6.07) is -0.549. The molecule has 0 aliphatic heterocycles. The molecule has 9 heteroatoms. The van der Waals surface area contributed by atoms with Gasteiger partial charge in [-0.3, -0.25) is 0 Å². The van der Waals surface area contributed by atoms with Crippen molar-refractivity contribution in [1.29, 1.82) is 0 Å². The van der Waals surface area contributed by atoms with Crippen LogP contribution in [0.5, 0.6) is 0 Å². The van der Waals surface area contributed by atoms with Gasteiger partial charge in [-0.1, -0.05) is 0 Å². The summed E-state index contributed by atoms with van der Waals surface area (Å²) in [6.45, 7) is -0.309. The van der Waals surface area contributed by atoms with Gasteiger partial charge in [-0.2, -0.15) is 0 Å². The van der Waals surface area contributed by atoms with Crippen LogP contribution in [0, 0.1) is 0 Å². The smallest absolute Gasteiger partial charge is 0.166 e. The predicted octanol–water partition coefficient (Wildman–Crippen LogP) is -0.634. The maximum atomic E-state index is 10.2. The first-order chi connectivity index (χ1) is 9.56. The number of aromatic nitrogens is 4. The topological polar surface area (TPSA) is 130 Å². The van der Waals surface area contributed by atoms with E-state index in [1.54, 1.807) is 4.57 Å². The van der Waals surface area contributed by atoms with E-state index in [-0.39, 0.29) is 12.4 Å². The van der Waals surface area contributed by atoms with Crippen molar-refractivity contribution in [3.63, 3.8) is 0 Å². The molecule has 0 radical (unpaired) electrons. The van der Waals surface area contributed by atoms with Crippen LogP contribution in [-0.2, 0) is 0 Å². The minimum Gasteiger partial charge on any atom is -0.392 e. The fraction of sp³-hybridized carbons (Fsp3) is 0.364. The van der Waals surface area contributed by atoms with E-state index in [4.69, 9.17) is 5.73 Å². The molecule has 0 fully saturated rings. The number of halogens is 1. The van der Waals surface area contributed by atoms with Gasteiger partial charge < -0.3 is 25.6 Å². The Hall–Kier alpha value is -1.30. The molecule has 3 atom stereocenters. The summed E-state index contributed by atoms with van der Waals surface area (Å²) < 4.78 is 2.30. The van der Waals surface area contributed by atoms with E-state index < -0.39 is 18.2 Å². The van der Waals surface area contributed by atoms with Gasteiger partial charge in [0, 0.05) is 3.58 Å². The normalized spacial score (nSPS) is 26.7. The second kappa shape index (κ2) is 4.91. The highest BCUT2D eigenvalue weighted by Gasteiger charge is 2.41. The van der Waals surface area contributed by atoms with Crippen LogP contribution in [0.3, 0.4) is 0 Å². The highest BCUT2D eigenvalue weighted by Crippen LogP contribution is 2.41. The lowest BCUT2D eigenvalue weighted by molar-refractivity contribution is 0.0286. The fourth-order valence-corrected chi connectivity index (χ4v) is 3.55. The minimum absolute atomic E-state index is 0.253. The third-order valence-electron chi connectivity index (χ3n) is 3.43. The molecule has 0 saturated carbocycles. The SMILES string of the molecule is Nc1ncnc2c1ncn2[C@@H]1C(I)=C(CO)[C@@H](O)[C@H]1O. The molecule has 0 saturated heterocycles. The number of imidazole rings is 1. The predicted molar refractivity (Wildman–Crippen MR) is 78.9 cm³/mol. The Morgan fingerprint density at radius 3 is 2.70 bits per heavy atom. The van der Waals surface area contributed by atoms with Gasteiger partial charge in [-0.05, 0) is 28.2 Å². The van der Waals surface area contributed by atoms with E-state index in [9.17, 15) is 15.3 Å². The molecule has 1 aliphatic rings. The van der Waals surface area contributed by atoms with Crippen molar-refractivity contribution in [1.82, 2.24) is 19.5 Å². The van der Waals surface area contributed by atoms with Crippen molar-refractivity contribution >= 4 is 39.6 Å². The van der Waals surface area contributed by atoms with Crippen molar-refractivity contribution in [2.75, 3.05) is 12.3 Å². The zero-order valence-electron chi connectivity index (χ0n) is 10.2. The quantitative estimate of drug-likeness (QED) is 0.503. The van der Waals surface area contributed by atoms with Crippen LogP contribution in [0.2, 0.25) is 0 Å². The average Bonchev–Trinajstić information content (AvgIpc) is 2.92. The number of hydrogen-bond acceptors (Lipinski definition) is 7. The molecule has 8 nitrogen and oxygen atoms in total. The number of hydrogen-bond donors (Lipinski definition) is 4. The molecule has 5 N–H and O–H groups in total. The van der Waals surface area contributed by atoms with Crippen molar-refractivity contribution in [3.05, 3.63) is 21.8 Å². The first kappa shape index (κ1) is 13.7. The van der Waals surface area contributed by atoms with Crippen LogP contribution in [0.1, 0.15) is 6.04 Å². The first-order valence-corrected chi connectivity index (χ1v) is 6.92. The standard InChI is InChI=1S/C11H12IN5O3/c12-5-4(1-18)8(19)9(20)7(5)17-3-16-6-10(13)14-2-15-11(6)17/h2-3,7-9,18-20H,1H2,(H2,13,14,15)/t7-,8-,9+/m1/s1. The van der Waals surface area contributed by atoms with Crippen LogP contribution in [0.4, 0.5) is 5.82 Å². The molecule has 2 aromatic rings. The molecule has 2 heterocycles. The second-order valence-corrected chi connectivity index (χ2v) is 5.66. The molecule has 0 spiro atoms. The summed E-state index contributed by atoms with van der Waals surface area (Å²) >= 11 is 2.01. The third kappa shape index (κ3) is 1.81. The molecular weight excluding hydrogens is 377 g/mol. The molecule has 0 aromatic carbocycles. The van der Waals surface area contributed by atoms with E-state index in [2.05, 4.69) is 15.0 Å². The summed E-state index contributed by atoms with van der Waals surface area (Å²) in [5.41, 5.74) is 7.05. The van der Waals surface area contributed by atoms with E-state index in [0.29, 0.717) is 20.3 Å². The van der Waals surface area contributed by atoms with Crippen LogP contribution < -0.4 is 5.73 Å². The maximum Gasteiger partial charge on any atom is 0.166 e. The highest BCUT2D eigenvalue weighted by atomic mass is 127. The number of fused-ring (bicyclic) bond motifs is 1. The molecule has 106 valence electrons. The molecule has 3 rings (SSSR count). The van der Waals surface area contributed by atoms with Crippen LogP contribution in [0.25, 0.3) is 11.2 Å². The lowest BCUT2D eigenvalue weighted by Crippen LogP contribution is -2.30. The van der Waals surface area contributed by atoms with Gasteiger partial charge in [0.2, 0.25) is 0 Å². The van der Waals surface area contributed by atoms with Crippen molar-refractivity contribution in [3.8, 4) is 0 Å². The largest absolute Gasteiger partial charge is 0.392 e. The van der Waals surface area contributed by atoms with E-state index >= 15 is 0 Å². The summed E-state index contributed by atoms with van der Waals surface area (Å²) in [5, 5.41) is 29.5. The van der Waals surface area contributed by atoms with Crippen molar-refractivity contribution in [2.45, 2.75) is 18.2 Å². The molecule has 20 heavy (non-hydrogen) atoms. The van der Waals surface area contributed by atoms with Crippen molar-refractivity contribution in [2.24, 2.45) is 0 Å². The average molecular weight is 389 g/mol. The Morgan fingerprint density at radius 2 is 2.05 bits per heavy atom. The zero-order valence-corrected chi connectivity index (χ0v) is 12.3. The molecule has 0 bridgehead atoms. The van der Waals surface area contributed by atoms with Gasteiger partial charge in [0.05, 0.1) is 19.0 Å². The number of aliphatic hydroxyl groups excluding tert-OH is 3. The van der Waals surface area contributed by atoms with E-state index in [0.717, 1.165) is 0 Å². The van der Waals surface area contributed by atoms with E-state index in [1.807, 2.05) is 22.6 Å². The Kier molecular flexibility index (Phi) is 3.36. The first-order valence-electron chi connectivity index (χ1n) is 5.84. The lowest BCUT2D eigenvalue weighted by atomic mass is 10.1. The fourth-order valence-electron chi connectivity index (χ4n) is 2.39. The third-order valence-corrected chi connectivity index (χ3v) is 4.76. The van der Waals surface area contributed by atoms with Gasteiger partial charge in [-0.25, -0.2) is 15.0 Å². The number of rotatable bonds is 2. The number of aliphatic hydroxyl groups is 3. The number of nitrogens with zero attached hydrogens (tertiary/aromatic N) is 4. The Morgan fingerprint density at radius 1 is 1.30 bits per heavy atom. The second-order valence-electron chi connectivity index (χ2n) is 4.49.